The summed E-state index contributed by atoms with van der Waals surface area (Å²) in [6, 6.07) is -5.57. The largest absolute Gasteiger partial charge is 0.389 e. The van der Waals surface area contributed by atoms with E-state index < -0.39 is 78.1 Å². The van der Waals surface area contributed by atoms with Crippen LogP contribution in [0.2, 0.25) is 0 Å². The van der Waals surface area contributed by atoms with E-state index in [4.69, 9.17) is 0 Å². The zero-order valence-corrected chi connectivity index (χ0v) is 29.1. The summed E-state index contributed by atoms with van der Waals surface area (Å²) >= 11 is 0. The number of rotatable bonds is 14. The van der Waals surface area contributed by atoms with Gasteiger partial charge in [-0.1, -0.05) is 54.5 Å². The van der Waals surface area contributed by atoms with Crippen molar-refractivity contribution in [2.24, 2.45) is 28.6 Å². The lowest BCUT2D eigenvalue weighted by Gasteiger charge is -2.38. The molecule has 0 bridgehead atoms. The van der Waals surface area contributed by atoms with Crippen LogP contribution in [-0.4, -0.2) is 102 Å². The molecule has 48 heavy (non-hydrogen) atoms. The van der Waals surface area contributed by atoms with Crippen molar-refractivity contribution in [3.8, 4) is 0 Å². The number of amides is 6. The molecule has 3 fully saturated rings. The van der Waals surface area contributed by atoms with Crippen LogP contribution in [0.4, 0.5) is 18.0 Å². The molecule has 4 N–H and O–H groups in total. The van der Waals surface area contributed by atoms with Crippen LogP contribution in [0.25, 0.3) is 0 Å². The van der Waals surface area contributed by atoms with E-state index >= 15 is 0 Å². The highest BCUT2D eigenvalue weighted by Crippen LogP contribution is 2.65. The fraction of sp³-hybridized carbons (Fsp3) is 0.758. The summed E-state index contributed by atoms with van der Waals surface area (Å²) in [5, 5.41) is 10.0. The zero-order valence-electron chi connectivity index (χ0n) is 29.1. The summed E-state index contributed by atoms with van der Waals surface area (Å²) in [6.45, 7) is 16.1. The summed E-state index contributed by atoms with van der Waals surface area (Å²) in [5.41, 5.74) is -1.25. The summed E-state index contributed by atoms with van der Waals surface area (Å²) in [4.78, 5) is 82.7. The number of ketones is 1. The number of Topliss-reactive ketones (excluding diaryl/α,β-unsaturated/α-hetero) is 1. The van der Waals surface area contributed by atoms with Crippen LogP contribution in [0.5, 0.6) is 0 Å². The molecular formula is C33H51F3N6O6. The van der Waals surface area contributed by atoms with Crippen LogP contribution in [-0.2, 0) is 24.0 Å². The minimum Gasteiger partial charge on any atom is -0.346 e. The Hall–Kier alpha value is -3.65. The number of carbonyl (C=O) groups excluding carboxylic acids is 6. The van der Waals surface area contributed by atoms with Crippen LogP contribution in [0, 0.1) is 28.6 Å². The molecule has 1 aliphatic heterocycles. The molecule has 6 amide bonds. The normalized spacial score (nSPS) is 23.2. The topological polar surface area (TPSA) is 157 Å². The van der Waals surface area contributed by atoms with Crippen molar-refractivity contribution in [2.75, 3.05) is 20.1 Å². The smallest absolute Gasteiger partial charge is 0.346 e. The van der Waals surface area contributed by atoms with Gasteiger partial charge < -0.3 is 31.1 Å². The second-order valence-corrected chi connectivity index (χ2v) is 15.3. The number of hydrogen-bond donors (Lipinski definition) is 4. The van der Waals surface area contributed by atoms with Gasteiger partial charge in [0.25, 0.3) is 5.91 Å². The maximum absolute atomic E-state index is 14.2. The second-order valence-electron chi connectivity index (χ2n) is 15.3. The third-order valence-corrected chi connectivity index (χ3v) is 9.79. The van der Waals surface area contributed by atoms with Crippen molar-refractivity contribution in [1.82, 2.24) is 31.1 Å². The molecule has 0 radical (unpaired) electrons. The number of carbonyl (C=O) groups is 6. The van der Waals surface area contributed by atoms with Gasteiger partial charge in [-0.3, -0.25) is 24.0 Å². The highest BCUT2D eigenvalue weighted by atomic mass is 19.4. The zero-order chi connectivity index (χ0) is 36.5. The molecule has 1 heterocycles. The number of urea groups is 1. The monoisotopic (exact) mass is 684 g/mol. The van der Waals surface area contributed by atoms with Crippen molar-refractivity contribution in [1.29, 1.82) is 0 Å². The average molecular weight is 685 g/mol. The number of alkyl halides is 3. The predicted molar refractivity (Wildman–Crippen MR) is 171 cm³/mol. The minimum absolute atomic E-state index is 0.106. The van der Waals surface area contributed by atoms with Crippen LogP contribution in [0.3, 0.4) is 0 Å². The summed E-state index contributed by atoms with van der Waals surface area (Å²) in [6.07, 6.45) is -3.87. The molecule has 2 saturated carbocycles. The Kier molecular flexibility index (Phi) is 11.7. The molecule has 270 valence electrons. The Balaban J connectivity index is 1.84. The van der Waals surface area contributed by atoms with Crippen molar-refractivity contribution < 1.29 is 41.9 Å². The number of piperidine rings is 1. The Bertz CT molecular complexity index is 1290. The van der Waals surface area contributed by atoms with E-state index in [2.05, 4.69) is 27.8 Å². The molecule has 3 aliphatic rings. The van der Waals surface area contributed by atoms with Crippen LogP contribution >= 0.6 is 0 Å². The summed E-state index contributed by atoms with van der Waals surface area (Å²) in [7, 11) is 1.69. The first-order valence-electron chi connectivity index (χ1n) is 16.5. The molecule has 1 unspecified atom stereocenters. The van der Waals surface area contributed by atoms with E-state index in [1.54, 1.807) is 46.6 Å². The average Bonchev–Trinajstić information content (AvgIpc) is 3.86. The Morgan fingerprint density at radius 1 is 1.02 bits per heavy atom. The molecule has 12 nitrogen and oxygen atoms in total. The van der Waals surface area contributed by atoms with E-state index in [0.29, 0.717) is 0 Å². The first-order chi connectivity index (χ1) is 22.0. The highest BCUT2D eigenvalue weighted by molar-refractivity contribution is 6.38. The van der Waals surface area contributed by atoms with Crippen molar-refractivity contribution in [3.63, 3.8) is 0 Å². The van der Waals surface area contributed by atoms with Crippen molar-refractivity contribution >= 4 is 35.4 Å². The molecule has 3 rings (SSSR count). The third kappa shape index (κ3) is 9.07. The molecular weight excluding hydrogens is 633 g/mol. The number of likely N-dealkylation sites (tertiary alicyclic amines) is 1. The van der Waals surface area contributed by atoms with Crippen LogP contribution in [0.1, 0.15) is 74.1 Å². The lowest BCUT2D eigenvalue weighted by molar-refractivity contribution is -0.148. The van der Waals surface area contributed by atoms with Gasteiger partial charge in [-0.15, -0.1) is 6.58 Å². The van der Waals surface area contributed by atoms with Gasteiger partial charge in [-0.25, -0.2) is 4.79 Å². The second kappa shape index (κ2) is 14.5. The van der Waals surface area contributed by atoms with Gasteiger partial charge in [0.2, 0.25) is 23.5 Å². The van der Waals surface area contributed by atoms with E-state index in [-0.39, 0.29) is 48.2 Å². The van der Waals surface area contributed by atoms with E-state index in [1.807, 2.05) is 13.8 Å². The Morgan fingerprint density at radius 2 is 1.62 bits per heavy atom. The molecule has 0 aromatic carbocycles. The van der Waals surface area contributed by atoms with E-state index in [9.17, 15) is 41.9 Å². The summed E-state index contributed by atoms with van der Waals surface area (Å²) in [5.74, 6) is -4.85. The van der Waals surface area contributed by atoms with Crippen LogP contribution in [0.15, 0.2) is 12.7 Å². The molecule has 6 atom stereocenters. The lowest BCUT2D eigenvalue weighted by atomic mass is 9.85. The highest BCUT2D eigenvalue weighted by Gasteiger charge is 2.70. The number of nitrogens with zero attached hydrogens (tertiary/aromatic N) is 2. The van der Waals surface area contributed by atoms with Gasteiger partial charge in [-0.05, 0) is 47.8 Å². The maximum Gasteiger partial charge on any atom is 0.389 e. The van der Waals surface area contributed by atoms with Gasteiger partial charge in [0.05, 0.1) is 6.04 Å². The predicted octanol–water partition coefficient (Wildman–Crippen LogP) is 2.53. The van der Waals surface area contributed by atoms with Gasteiger partial charge in [-0.2, -0.15) is 13.2 Å². The van der Waals surface area contributed by atoms with Gasteiger partial charge >= 0.3 is 12.2 Å². The molecule has 1 saturated heterocycles. The Morgan fingerprint density at radius 3 is 2.12 bits per heavy atom. The SMILES string of the molecule is C=CCNC(=O)C(=O)C(CCC(F)(F)F)NC(=O)[C@@H]1[C@@H]2[C@H](CN1C(=O)[C@@H](NC(=O)N[C@H](C(=O)N(C)C1CC1)C(C)C)C(C)(C)C)C2(C)C. The van der Waals surface area contributed by atoms with Gasteiger partial charge in [0, 0.05) is 32.6 Å². The lowest BCUT2D eigenvalue weighted by Crippen LogP contribution is -2.62. The first kappa shape index (κ1) is 38.8. The fourth-order valence-electron chi connectivity index (χ4n) is 6.56. The number of nitrogens with one attached hydrogen (secondary N) is 4. The van der Waals surface area contributed by atoms with Crippen molar-refractivity contribution in [2.45, 2.75) is 111 Å². The number of fused-ring (bicyclic) bond motifs is 1. The fourth-order valence-corrected chi connectivity index (χ4v) is 6.56. The van der Waals surface area contributed by atoms with Gasteiger partial charge in [0.1, 0.15) is 18.1 Å². The maximum atomic E-state index is 14.2. The number of halogens is 3. The molecule has 2 aliphatic carbocycles. The molecule has 0 aromatic rings. The summed E-state index contributed by atoms with van der Waals surface area (Å²) < 4.78 is 39.5. The molecule has 0 spiro atoms. The quantitative estimate of drug-likeness (QED) is 0.163. The van der Waals surface area contributed by atoms with E-state index in [1.165, 1.54) is 11.0 Å². The van der Waals surface area contributed by atoms with E-state index in [0.717, 1.165) is 12.8 Å². The van der Waals surface area contributed by atoms with Gasteiger partial charge in [0.15, 0.2) is 0 Å². The first-order valence-corrected chi connectivity index (χ1v) is 16.5. The van der Waals surface area contributed by atoms with Crippen molar-refractivity contribution in [3.05, 3.63) is 12.7 Å². The standard InChI is InChI=1S/C33H51F3N6O6/c1-10-15-37-27(45)24(43)20(13-14-33(34,35)36)38-26(44)23-21-19(32(21,7)8)16-42(23)29(47)25(31(4,5)6)40-30(48)39-22(17(2)3)28(46)41(9)18-11-12-18/h10,17-23,25H,1,11-16H2,2-9H3,(H,37,45)(H,38,44)(H2,39,40,48)/t19-,20?,21-,22-,23-,25+/m0/s1. The Labute approximate surface area is 280 Å². The minimum atomic E-state index is -4.65. The van der Waals surface area contributed by atoms with Crippen LogP contribution < -0.4 is 21.3 Å². The third-order valence-electron chi connectivity index (χ3n) is 9.79. The number of hydrogen-bond acceptors (Lipinski definition) is 6. The molecule has 15 heteroatoms. The molecule has 0 aromatic heterocycles. The number of likely N-dealkylation sites (N-methyl/N-ethyl adjacent to an activating group) is 1.